The monoisotopic (exact) mass is 408 g/mol. The summed E-state index contributed by atoms with van der Waals surface area (Å²) in [4.78, 5) is 13.0. The Labute approximate surface area is 166 Å². The number of aryl methyl sites for hydroxylation is 2. The third kappa shape index (κ3) is 4.88. The first-order valence-electron chi connectivity index (χ1n) is 8.71. The number of halogens is 2. The van der Waals surface area contributed by atoms with Gasteiger partial charge >= 0.3 is 6.08 Å². The lowest BCUT2D eigenvalue weighted by Crippen LogP contribution is -2.24. The highest BCUT2D eigenvalue weighted by atomic mass is 35.5. The zero-order valence-electron chi connectivity index (χ0n) is 15.5. The van der Waals surface area contributed by atoms with Crippen LogP contribution in [0.1, 0.15) is 25.8 Å². The molecule has 0 bridgehead atoms. The van der Waals surface area contributed by atoms with Crippen molar-refractivity contribution in [2.24, 2.45) is 0 Å². The number of rotatable bonds is 7. The average molecular weight is 409 g/mol. The Kier molecular flexibility index (Phi) is 6.18. The zero-order valence-corrected chi connectivity index (χ0v) is 17.0. The van der Waals surface area contributed by atoms with Crippen molar-refractivity contribution in [3.8, 4) is 0 Å². The molecule has 0 amide bonds. The lowest BCUT2D eigenvalue weighted by molar-refractivity contribution is 0.518. The number of aromatic nitrogens is 4. The van der Waals surface area contributed by atoms with Crippen molar-refractivity contribution < 1.29 is 4.39 Å². The van der Waals surface area contributed by atoms with Gasteiger partial charge in [-0.1, -0.05) is 37.2 Å². The fraction of sp³-hybridized carbons (Fsp3) is 0.389. The number of benzene rings is 1. The Bertz CT molecular complexity index is 938. The van der Waals surface area contributed by atoms with Crippen molar-refractivity contribution in [1.82, 2.24) is 24.8 Å². The highest BCUT2D eigenvalue weighted by Gasteiger charge is 2.18. The van der Waals surface area contributed by atoms with Crippen LogP contribution in [0.3, 0.4) is 0 Å². The molecule has 0 fully saturated rings. The summed E-state index contributed by atoms with van der Waals surface area (Å²) in [6.07, 6.45) is -0.00582. The minimum Gasteiger partial charge on any atom is -0.382 e. The maximum Gasteiger partial charge on any atom is 0.312 e. The number of hydrogen-bond acceptors (Lipinski definition) is 6. The number of nitrogens with two attached hydrogens (primary N) is 1. The first-order valence-corrected chi connectivity index (χ1v) is 9.90. The summed E-state index contributed by atoms with van der Waals surface area (Å²) in [5, 5.41) is 4.72. The molecule has 9 heteroatoms. The second-order valence-electron chi connectivity index (χ2n) is 6.62. The van der Waals surface area contributed by atoms with Crippen molar-refractivity contribution in [2.75, 3.05) is 12.3 Å². The van der Waals surface area contributed by atoms with Gasteiger partial charge in [-0.05, 0) is 43.7 Å². The fourth-order valence-corrected chi connectivity index (χ4v) is 4.17. The number of imidazole rings is 1. The van der Waals surface area contributed by atoms with Crippen molar-refractivity contribution >= 4 is 40.3 Å². The van der Waals surface area contributed by atoms with Crippen molar-refractivity contribution in [3.63, 3.8) is 0 Å². The van der Waals surface area contributed by atoms with Gasteiger partial charge in [0.15, 0.2) is 22.1 Å². The molecule has 0 aliphatic rings. The molecule has 3 N–H and O–H groups in total. The van der Waals surface area contributed by atoms with Crippen molar-refractivity contribution in [3.05, 3.63) is 34.9 Å². The van der Waals surface area contributed by atoms with Gasteiger partial charge in [0.25, 0.3) is 0 Å². The fourth-order valence-electron chi connectivity index (χ4n) is 2.75. The van der Waals surface area contributed by atoms with Crippen molar-refractivity contribution in [1.29, 1.82) is 0 Å². The van der Waals surface area contributed by atoms with Gasteiger partial charge in [-0.2, -0.15) is 14.4 Å². The molecule has 0 aliphatic heterocycles. The minimum atomic E-state index is -0.850. The molecular weight excluding hydrogens is 387 g/mol. The Balaban J connectivity index is 1.96. The Hall–Kier alpha value is -1.90. The third-order valence-electron chi connectivity index (χ3n) is 3.90. The lowest BCUT2D eigenvalue weighted by atomic mass is 10.2. The van der Waals surface area contributed by atoms with Crippen LogP contribution in [-0.2, 0) is 6.54 Å². The van der Waals surface area contributed by atoms with E-state index in [4.69, 9.17) is 17.3 Å². The SMILES string of the molecule is Cc1cc(Cl)cc(Sc2nc3c(N)nc(F)nc3n2CCCNC(C)C)c1. The number of anilines is 1. The van der Waals surface area contributed by atoms with Crippen LogP contribution in [0.25, 0.3) is 11.2 Å². The topological polar surface area (TPSA) is 81.7 Å². The summed E-state index contributed by atoms with van der Waals surface area (Å²) < 4.78 is 15.6. The second kappa shape index (κ2) is 8.41. The molecule has 0 aliphatic carbocycles. The second-order valence-corrected chi connectivity index (χ2v) is 8.10. The molecule has 2 heterocycles. The largest absolute Gasteiger partial charge is 0.382 e. The van der Waals surface area contributed by atoms with E-state index in [0.29, 0.717) is 33.9 Å². The summed E-state index contributed by atoms with van der Waals surface area (Å²) in [5.41, 5.74) is 7.74. The van der Waals surface area contributed by atoms with Crippen molar-refractivity contribution in [2.45, 2.75) is 49.8 Å². The van der Waals surface area contributed by atoms with E-state index in [1.165, 1.54) is 11.8 Å². The molecule has 0 atom stereocenters. The normalized spacial score (nSPS) is 11.6. The number of nitrogen functional groups attached to an aromatic ring is 1. The van der Waals surface area contributed by atoms with Gasteiger partial charge in [-0.15, -0.1) is 0 Å². The maximum atomic E-state index is 13.7. The number of nitrogens with zero attached hydrogens (tertiary/aromatic N) is 4. The van der Waals surface area contributed by atoms with Gasteiger partial charge in [0.05, 0.1) is 0 Å². The van der Waals surface area contributed by atoms with Crippen LogP contribution < -0.4 is 11.1 Å². The van der Waals surface area contributed by atoms with Gasteiger partial charge < -0.3 is 15.6 Å². The Morgan fingerprint density at radius 3 is 2.74 bits per heavy atom. The van der Waals surface area contributed by atoms with Gasteiger partial charge in [0.2, 0.25) is 0 Å². The first kappa shape index (κ1) is 19.9. The van der Waals surface area contributed by atoms with Gasteiger partial charge in [0, 0.05) is 22.5 Å². The molecule has 0 unspecified atom stereocenters. The molecule has 2 aromatic heterocycles. The van der Waals surface area contributed by atoms with Crippen LogP contribution in [-0.4, -0.2) is 32.1 Å². The van der Waals surface area contributed by atoms with Gasteiger partial charge in [-0.25, -0.2) is 4.98 Å². The van der Waals surface area contributed by atoms with Crippen LogP contribution in [0, 0.1) is 13.0 Å². The van der Waals surface area contributed by atoms with Crippen LogP contribution >= 0.6 is 23.4 Å². The lowest BCUT2D eigenvalue weighted by Gasteiger charge is -2.11. The maximum absolute atomic E-state index is 13.7. The predicted molar refractivity (Wildman–Crippen MR) is 108 cm³/mol. The molecule has 0 spiro atoms. The average Bonchev–Trinajstić information content (AvgIpc) is 2.88. The zero-order chi connectivity index (χ0) is 19.6. The molecule has 0 saturated carbocycles. The standard InChI is InChI=1S/C18H22ClFN6S/c1-10(2)22-5-4-6-26-16-14(15(21)24-17(20)25-16)23-18(26)27-13-8-11(3)7-12(19)9-13/h7-10,22H,4-6H2,1-3H3,(H2,21,24,25). The summed E-state index contributed by atoms with van der Waals surface area (Å²) in [5.74, 6) is 0.0423. The van der Waals surface area contributed by atoms with Crippen LogP contribution in [0.5, 0.6) is 0 Å². The predicted octanol–water partition coefficient (Wildman–Crippen LogP) is 4.05. The van der Waals surface area contributed by atoms with E-state index in [-0.39, 0.29) is 5.82 Å². The summed E-state index contributed by atoms with van der Waals surface area (Å²) >= 11 is 7.62. The quantitative estimate of drug-likeness (QED) is 0.453. The first-order chi connectivity index (χ1) is 12.8. The van der Waals surface area contributed by atoms with E-state index in [1.54, 1.807) is 0 Å². The van der Waals surface area contributed by atoms with E-state index in [9.17, 15) is 4.39 Å². The molecule has 3 aromatic rings. The molecule has 144 valence electrons. The molecular formula is C18H22ClFN6S. The summed E-state index contributed by atoms with van der Waals surface area (Å²) in [7, 11) is 0. The molecule has 6 nitrogen and oxygen atoms in total. The number of fused-ring (bicyclic) bond motifs is 1. The third-order valence-corrected chi connectivity index (χ3v) is 5.08. The highest BCUT2D eigenvalue weighted by Crippen LogP contribution is 2.33. The van der Waals surface area contributed by atoms with Crippen LogP contribution in [0.4, 0.5) is 10.2 Å². The van der Waals surface area contributed by atoms with E-state index in [2.05, 4.69) is 34.1 Å². The molecule has 0 radical (unpaired) electrons. The van der Waals surface area contributed by atoms with Gasteiger partial charge in [0.1, 0.15) is 0 Å². The van der Waals surface area contributed by atoms with Crippen LogP contribution in [0.15, 0.2) is 28.3 Å². The Morgan fingerprint density at radius 1 is 1.26 bits per heavy atom. The van der Waals surface area contributed by atoms with Crippen LogP contribution in [0.2, 0.25) is 5.02 Å². The van der Waals surface area contributed by atoms with E-state index >= 15 is 0 Å². The molecule has 3 rings (SSSR count). The molecule has 1 aromatic carbocycles. The minimum absolute atomic E-state index is 0.0423. The Morgan fingerprint density at radius 2 is 2.04 bits per heavy atom. The molecule has 0 saturated heterocycles. The summed E-state index contributed by atoms with van der Waals surface area (Å²) in [6, 6.07) is 6.20. The smallest absolute Gasteiger partial charge is 0.312 e. The van der Waals surface area contributed by atoms with E-state index in [0.717, 1.165) is 23.4 Å². The van der Waals surface area contributed by atoms with E-state index < -0.39 is 6.08 Å². The van der Waals surface area contributed by atoms with E-state index in [1.807, 2.05) is 29.7 Å². The number of nitrogens with one attached hydrogen (secondary N) is 1. The number of hydrogen-bond donors (Lipinski definition) is 2. The van der Waals surface area contributed by atoms with Gasteiger partial charge in [-0.3, -0.25) is 0 Å². The summed E-state index contributed by atoms with van der Waals surface area (Å²) in [6.45, 7) is 7.64. The molecule has 27 heavy (non-hydrogen) atoms. The highest BCUT2D eigenvalue weighted by molar-refractivity contribution is 7.99.